The van der Waals surface area contributed by atoms with Crippen LogP contribution >= 0.6 is 31.9 Å². The highest BCUT2D eigenvalue weighted by molar-refractivity contribution is 9.11. The largest absolute Gasteiger partial charge is 0.501 e. The molecule has 1 aromatic rings. The number of aliphatic hydroxyl groups excluding tert-OH is 1. The van der Waals surface area contributed by atoms with Crippen LogP contribution in [0.2, 0.25) is 0 Å². The van der Waals surface area contributed by atoms with Gasteiger partial charge in [-0.05, 0) is 36.1 Å². The number of halogens is 2. The first-order valence-corrected chi connectivity index (χ1v) is 6.70. The van der Waals surface area contributed by atoms with Crippen LogP contribution in [-0.4, -0.2) is 11.7 Å². The quantitative estimate of drug-likeness (QED) is 0.878. The third kappa shape index (κ3) is 2.67. The van der Waals surface area contributed by atoms with Gasteiger partial charge in [0.15, 0.2) is 0 Å². The lowest BCUT2D eigenvalue weighted by molar-refractivity contribution is 0.170. The van der Waals surface area contributed by atoms with E-state index in [-0.39, 0.29) is 0 Å². The minimum atomic E-state index is -0.581. The second-order valence-electron chi connectivity index (χ2n) is 3.74. The molecule has 16 heavy (non-hydrogen) atoms. The van der Waals surface area contributed by atoms with E-state index in [1.807, 2.05) is 18.2 Å². The summed E-state index contributed by atoms with van der Waals surface area (Å²) in [5, 5.41) is 10.2. The first-order chi connectivity index (χ1) is 7.68. The van der Waals surface area contributed by atoms with Crippen LogP contribution in [0.15, 0.2) is 39.0 Å². The van der Waals surface area contributed by atoms with Gasteiger partial charge < -0.3 is 9.84 Å². The van der Waals surface area contributed by atoms with E-state index in [9.17, 15) is 5.11 Å². The van der Waals surface area contributed by atoms with Gasteiger partial charge in [0, 0.05) is 8.95 Å². The van der Waals surface area contributed by atoms with Gasteiger partial charge in [0.1, 0.15) is 6.10 Å². The Labute approximate surface area is 112 Å². The predicted octanol–water partition coefficient (Wildman–Crippen LogP) is 3.94. The van der Waals surface area contributed by atoms with Gasteiger partial charge in [0.05, 0.1) is 12.9 Å². The topological polar surface area (TPSA) is 29.5 Å². The smallest absolute Gasteiger partial charge is 0.104 e. The number of benzene rings is 1. The molecule has 4 heteroatoms. The molecule has 1 heterocycles. The number of hydrogen-bond donors (Lipinski definition) is 1. The highest BCUT2D eigenvalue weighted by Crippen LogP contribution is 2.33. The molecule has 0 saturated carbocycles. The van der Waals surface area contributed by atoms with E-state index < -0.39 is 6.10 Å². The summed E-state index contributed by atoms with van der Waals surface area (Å²) >= 11 is 6.85. The van der Waals surface area contributed by atoms with Crippen molar-refractivity contribution in [1.82, 2.24) is 0 Å². The molecule has 0 amide bonds. The monoisotopic (exact) mass is 346 g/mol. The van der Waals surface area contributed by atoms with E-state index in [0.717, 1.165) is 39.5 Å². The molecule has 1 unspecified atom stereocenters. The molecule has 1 N–H and O–H groups in total. The molecule has 0 spiro atoms. The van der Waals surface area contributed by atoms with Crippen molar-refractivity contribution in [3.05, 3.63) is 44.5 Å². The summed E-state index contributed by atoms with van der Waals surface area (Å²) < 4.78 is 7.14. The van der Waals surface area contributed by atoms with Crippen molar-refractivity contribution in [2.24, 2.45) is 0 Å². The predicted molar refractivity (Wildman–Crippen MR) is 70.1 cm³/mol. The second-order valence-corrected chi connectivity index (χ2v) is 5.51. The fourth-order valence-electron chi connectivity index (χ4n) is 1.71. The standard InChI is InChI=1S/C12H12Br2O2/c13-9-3-4-10(11(14)6-9)12(15)8-2-1-5-16-7-8/h3-4,6-7,12,15H,1-2,5H2. The third-order valence-electron chi connectivity index (χ3n) is 2.57. The van der Waals surface area contributed by atoms with Gasteiger partial charge in [-0.2, -0.15) is 0 Å². The van der Waals surface area contributed by atoms with Crippen LogP contribution in [-0.2, 0) is 4.74 Å². The van der Waals surface area contributed by atoms with Crippen LogP contribution in [0, 0.1) is 0 Å². The molecule has 1 atom stereocenters. The Morgan fingerprint density at radius 1 is 1.31 bits per heavy atom. The van der Waals surface area contributed by atoms with Crippen molar-refractivity contribution in [2.45, 2.75) is 18.9 Å². The highest BCUT2D eigenvalue weighted by Gasteiger charge is 2.18. The molecule has 0 aromatic heterocycles. The SMILES string of the molecule is OC(C1=COCCC1)c1ccc(Br)cc1Br. The normalized spacial score (nSPS) is 17.6. The van der Waals surface area contributed by atoms with E-state index in [2.05, 4.69) is 31.9 Å². The Hall–Kier alpha value is -0.320. The minimum Gasteiger partial charge on any atom is -0.501 e. The van der Waals surface area contributed by atoms with Gasteiger partial charge >= 0.3 is 0 Å². The molecule has 2 nitrogen and oxygen atoms in total. The highest BCUT2D eigenvalue weighted by atomic mass is 79.9. The summed E-state index contributed by atoms with van der Waals surface area (Å²) in [4.78, 5) is 0. The number of aliphatic hydroxyl groups is 1. The molecule has 0 bridgehead atoms. The minimum absolute atomic E-state index is 0.581. The van der Waals surface area contributed by atoms with Crippen LogP contribution in [0.5, 0.6) is 0 Å². The first-order valence-electron chi connectivity index (χ1n) is 5.12. The Kier molecular flexibility index (Phi) is 4.05. The van der Waals surface area contributed by atoms with Gasteiger partial charge in [-0.3, -0.25) is 0 Å². The maximum atomic E-state index is 10.2. The average molecular weight is 348 g/mol. The summed E-state index contributed by atoms with van der Waals surface area (Å²) in [6.07, 6.45) is 2.96. The molecule has 1 aliphatic rings. The molecule has 86 valence electrons. The van der Waals surface area contributed by atoms with Crippen molar-refractivity contribution in [2.75, 3.05) is 6.61 Å². The van der Waals surface area contributed by atoms with Gasteiger partial charge in [-0.1, -0.05) is 37.9 Å². The summed E-state index contributed by atoms with van der Waals surface area (Å²) in [5.41, 5.74) is 1.81. The molecule has 0 saturated heterocycles. The molecule has 0 radical (unpaired) electrons. The molecule has 2 rings (SSSR count). The van der Waals surface area contributed by atoms with Crippen LogP contribution in [0.3, 0.4) is 0 Å². The lowest BCUT2D eigenvalue weighted by Crippen LogP contribution is -2.08. The van der Waals surface area contributed by atoms with Gasteiger partial charge in [-0.25, -0.2) is 0 Å². The molecular formula is C12H12Br2O2. The van der Waals surface area contributed by atoms with Gasteiger partial charge in [-0.15, -0.1) is 0 Å². The van der Waals surface area contributed by atoms with Crippen molar-refractivity contribution in [3.63, 3.8) is 0 Å². The summed E-state index contributed by atoms with van der Waals surface area (Å²) in [6.45, 7) is 0.748. The van der Waals surface area contributed by atoms with Crippen LogP contribution in [0.4, 0.5) is 0 Å². The Morgan fingerprint density at radius 3 is 2.75 bits per heavy atom. The number of rotatable bonds is 2. The van der Waals surface area contributed by atoms with E-state index in [1.165, 1.54) is 0 Å². The van der Waals surface area contributed by atoms with Crippen molar-refractivity contribution in [3.8, 4) is 0 Å². The zero-order valence-electron chi connectivity index (χ0n) is 8.62. The van der Waals surface area contributed by atoms with Crippen molar-refractivity contribution in [1.29, 1.82) is 0 Å². The number of hydrogen-bond acceptors (Lipinski definition) is 2. The number of ether oxygens (including phenoxy) is 1. The lowest BCUT2D eigenvalue weighted by Gasteiger charge is -2.20. The molecule has 1 aromatic carbocycles. The zero-order valence-corrected chi connectivity index (χ0v) is 11.8. The van der Waals surface area contributed by atoms with E-state index in [4.69, 9.17) is 4.74 Å². The van der Waals surface area contributed by atoms with E-state index >= 15 is 0 Å². The Balaban J connectivity index is 2.26. The zero-order chi connectivity index (χ0) is 11.5. The summed E-state index contributed by atoms with van der Waals surface area (Å²) in [7, 11) is 0. The second kappa shape index (κ2) is 5.34. The average Bonchev–Trinajstić information content (AvgIpc) is 2.29. The van der Waals surface area contributed by atoms with Crippen molar-refractivity contribution >= 4 is 31.9 Å². The third-order valence-corrected chi connectivity index (χ3v) is 3.75. The van der Waals surface area contributed by atoms with Crippen LogP contribution in [0.1, 0.15) is 24.5 Å². The van der Waals surface area contributed by atoms with Gasteiger partial charge in [0.25, 0.3) is 0 Å². The summed E-state index contributed by atoms with van der Waals surface area (Å²) in [5.74, 6) is 0. The maximum absolute atomic E-state index is 10.2. The molecule has 0 fully saturated rings. The Bertz CT molecular complexity index is 415. The van der Waals surface area contributed by atoms with Crippen molar-refractivity contribution < 1.29 is 9.84 Å². The van der Waals surface area contributed by atoms with Crippen LogP contribution in [0.25, 0.3) is 0 Å². The Morgan fingerprint density at radius 2 is 2.12 bits per heavy atom. The van der Waals surface area contributed by atoms with E-state index in [1.54, 1.807) is 6.26 Å². The maximum Gasteiger partial charge on any atom is 0.104 e. The lowest BCUT2D eigenvalue weighted by atomic mass is 9.98. The fraction of sp³-hybridized carbons (Fsp3) is 0.333. The molecule has 0 aliphatic carbocycles. The molecular weight excluding hydrogens is 336 g/mol. The van der Waals surface area contributed by atoms with E-state index in [0.29, 0.717) is 0 Å². The van der Waals surface area contributed by atoms with Gasteiger partial charge in [0.2, 0.25) is 0 Å². The summed E-state index contributed by atoms with van der Waals surface area (Å²) in [6, 6.07) is 5.77. The fourth-order valence-corrected chi connectivity index (χ4v) is 2.97. The van der Waals surface area contributed by atoms with Crippen LogP contribution < -0.4 is 0 Å². The first kappa shape index (κ1) is 12.1. The molecule has 1 aliphatic heterocycles.